The highest BCUT2D eigenvalue weighted by Gasteiger charge is 1.83. The molecule has 0 aliphatic rings. The molecule has 2 rings (SSSR count). The van der Waals surface area contributed by atoms with E-state index in [0.29, 0.717) is 0 Å². The number of pyridine rings is 2. The molecule has 2 heteroatoms. The van der Waals surface area contributed by atoms with E-state index >= 15 is 0 Å². The minimum absolute atomic E-state index is 0.952. The van der Waals surface area contributed by atoms with Crippen molar-refractivity contribution in [3.63, 3.8) is 0 Å². The SMILES string of the molecule is C(/C=C/c1ccccn1)=C\c1ccccn1. The molecule has 0 amide bonds. The third kappa shape index (κ3) is 3.17. The lowest BCUT2D eigenvalue weighted by Gasteiger charge is -1.89. The van der Waals surface area contributed by atoms with Crippen LogP contribution in [-0.4, -0.2) is 9.97 Å². The van der Waals surface area contributed by atoms with Gasteiger partial charge in [0.1, 0.15) is 0 Å². The zero-order valence-corrected chi connectivity index (χ0v) is 8.82. The molecule has 2 nitrogen and oxygen atoms in total. The van der Waals surface area contributed by atoms with Crippen molar-refractivity contribution in [1.82, 2.24) is 9.97 Å². The lowest BCUT2D eigenvalue weighted by Crippen LogP contribution is -1.76. The number of hydrogen-bond donors (Lipinski definition) is 0. The van der Waals surface area contributed by atoms with Gasteiger partial charge in [-0.2, -0.15) is 0 Å². The molecule has 0 bridgehead atoms. The van der Waals surface area contributed by atoms with Gasteiger partial charge < -0.3 is 0 Å². The highest BCUT2D eigenvalue weighted by Crippen LogP contribution is 1.99. The van der Waals surface area contributed by atoms with Gasteiger partial charge in [0.2, 0.25) is 0 Å². The second-order valence-corrected chi connectivity index (χ2v) is 3.23. The second kappa shape index (κ2) is 5.61. The molecule has 0 atom stereocenters. The summed E-state index contributed by atoms with van der Waals surface area (Å²) in [5, 5.41) is 0. The van der Waals surface area contributed by atoms with Gasteiger partial charge in [-0.25, -0.2) is 0 Å². The summed E-state index contributed by atoms with van der Waals surface area (Å²) in [6.07, 6.45) is 11.4. The zero-order valence-electron chi connectivity index (χ0n) is 8.82. The maximum Gasteiger partial charge on any atom is 0.0629 e. The van der Waals surface area contributed by atoms with E-state index in [1.165, 1.54) is 0 Å². The summed E-state index contributed by atoms with van der Waals surface area (Å²) in [6, 6.07) is 11.7. The molecule has 0 aliphatic carbocycles. The Morgan fingerprint density at radius 1 is 0.688 bits per heavy atom. The fourth-order valence-corrected chi connectivity index (χ4v) is 1.26. The molecule has 0 unspecified atom stereocenters. The highest BCUT2D eigenvalue weighted by atomic mass is 14.7. The van der Waals surface area contributed by atoms with Gasteiger partial charge in [0.05, 0.1) is 11.4 Å². The summed E-state index contributed by atoms with van der Waals surface area (Å²) >= 11 is 0. The van der Waals surface area contributed by atoms with E-state index in [2.05, 4.69) is 9.97 Å². The van der Waals surface area contributed by atoms with Crippen LogP contribution < -0.4 is 0 Å². The monoisotopic (exact) mass is 208 g/mol. The van der Waals surface area contributed by atoms with Crippen LogP contribution in [0.3, 0.4) is 0 Å². The number of nitrogens with zero attached hydrogens (tertiary/aromatic N) is 2. The first-order chi connectivity index (χ1) is 7.95. The lowest BCUT2D eigenvalue weighted by molar-refractivity contribution is 1.29. The molecular weight excluding hydrogens is 196 g/mol. The Kier molecular flexibility index (Phi) is 3.61. The van der Waals surface area contributed by atoms with Gasteiger partial charge in [-0.1, -0.05) is 24.3 Å². The molecular formula is C14H12N2. The van der Waals surface area contributed by atoms with Gasteiger partial charge in [0.15, 0.2) is 0 Å². The van der Waals surface area contributed by atoms with Gasteiger partial charge in [-0.05, 0) is 36.4 Å². The van der Waals surface area contributed by atoms with E-state index in [9.17, 15) is 0 Å². The molecule has 2 heterocycles. The largest absolute Gasteiger partial charge is 0.257 e. The molecule has 78 valence electrons. The third-order valence-electron chi connectivity index (χ3n) is 2.02. The van der Waals surface area contributed by atoms with Crippen LogP contribution in [0.15, 0.2) is 60.9 Å². The predicted molar refractivity (Wildman–Crippen MR) is 66.5 cm³/mol. The molecule has 0 N–H and O–H groups in total. The van der Waals surface area contributed by atoms with Crippen molar-refractivity contribution in [1.29, 1.82) is 0 Å². The van der Waals surface area contributed by atoms with Crippen molar-refractivity contribution in [3.05, 3.63) is 72.3 Å². The van der Waals surface area contributed by atoms with E-state index in [1.54, 1.807) is 12.4 Å². The Hall–Kier alpha value is -2.22. The highest BCUT2D eigenvalue weighted by molar-refractivity contribution is 5.53. The Balaban J connectivity index is 1.98. The number of rotatable bonds is 3. The smallest absolute Gasteiger partial charge is 0.0629 e. The first-order valence-corrected chi connectivity index (χ1v) is 5.12. The number of hydrogen-bond acceptors (Lipinski definition) is 2. The van der Waals surface area contributed by atoms with Crippen LogP contribution in [0.4, 0.5) is 0 Å². The molecule has 0 saturated heterocycles. The van der Waals surface area contributed by atoms with Crippen molar-refractivity contribution in [2.45, 2.75) is 0 Å². The molecule has 0 radical (unpaired) electrons. The molecule has 2 aromatic rings. The molecule has 16 heavy (non-hydrogen) atoms. The normalized spacial score (nSPS) is 11.2. The van der Waals surface area contributed by atoms with Crippen LogP contribution in [0.1, 0.15) is 11.4 Å². The van der Waals surface area contributed by atoms with Gasteiger partial charge in [-0.15, -0.1) is 0 Å². The molecule has 2 aromatic heterocycles. The lowest BCUT2D eigenvalue weighted by atomic mass is 10.3. The average Bonchev–Trinajstić information content (AvgIpc) is 2.37. The maximum atomic E-state index is 4.19. The second-order valence-electron chi connectivity index (χ2n) is 3.23. The minimum Gasteiger partial charge on any atom is -0.257 e. The van der Waals surface area contributed by atoms with Crippen molar-refractivity contribution in [2.75, 3.05) is 0 Å². The Morgan fingerprint density at radius 2 is 1.19 bits per heavy atom. The fourth-order valence-electron chi connectivity index (χ4n) is 1.26. The van der Waals surface area contributed by atoms with Crippen LogP contribution in [0.5, 0.6) is 0 Å². The van der Waals surface area contributed by atoms with Crippen LogP contribution in [0.2, 0.25) is 0 Å². The van der Waals surface area contributed by atoms with E-state index in [4.69, 9.17) is 0 Å². The van der Waals surface area contributed by atoms with Crippen LogP contribution in [0, 0.1) is 0 Å². The molecule has 0 aromatic carbocycles. The van der Waals surface area contributed by atoms with E-state index in [1.807, 2.05) is 60.7 Å². The maximum absolute atomic E-state index is 4.19. The van der Waals surface area contributed by atoms with E-state index < -0.39 is 0 Å². The number of aromatic nitrogens is 2. The van der Waals surface area contributed by atoms with Gasteiger partial charge >= 0.3 is 0 Å². The van der Waals surface area contributed by atoms with Crippen molar-refractivity contribution in [2.24, 2.45) is 0 Å². The standard InChI is InChI=1S/C14H12N2/c1(7-13-9-3-5-11-15-13)2-8-14-10-4-6-12-16-14/h1-12H/b7-1+,8-2+. The van der Waals surface area contributed by atoms with E-state index in [0.717, 1.165) is 11.4 Å². The molecule has 0 aliphatic heterocycles. The number of allylic oxidation sites excluding steroid dienone is 2. The van der Waals surface area contributed by atoms with Crippen LogP contribution in [0.25, 0.3) is 12.2 Å². The van der Waals surface area contributed by atoms with Gasteiger partial charge in [0.25, 0.3) is 0 Å². The first kappa shape index (κ1) is 10.3. The average molecular weight is 208 g/mol. The topological polar surface area (TPSA) is 25.8 Å². The van der Waals surface area contributed by atoms with Gasteiger partial charge in [0, 0.05) is 12.4 Å². The molecule has 0 saturated carbocycles. The predicted octanol–water partition coefficient (Wildman–Crippen LogP) is 3.20. The van der Waals surface area contributed by atoms with Crippen molar-refractivity contribution in [3.8, 4) is 0 Å². The van der Waals surface area contributed by atoms with Gasteiger partial charge in [-0.3, -0.25) is 9.97 Å². The molecule has 0 fully saturated rings. The fraction of sp³-hybridized carbons (Fsp3) is 0. The van der Waals surface area contributed by atoms with Crippen molar-refractivity contribution >= 4 is 12.2 Å². The zero-order chi connectivity index (χ0) is 11.1. The summed E-state index contributed by atoms with van der Waals surface area (Å²) in [4.78, 5) is 8.37. The summed E-state index contributed by atoms with van der Waals surface area (Å²) < 4.78 is 0. The Labute approximate surface area is 95.0 Å². The molecule has 0 spiro atoms. The Morgan fingerprint density at radius 3 is 1.56 bits per heavy atom. The Bertz CT molecular complexity index is 425. The summed E-state index contributed by atoms with van der Waals surface area (Å²) in [6.45, 7) is 0. The van der Waals surface area contributed by atoms with E-state index in [-0.39, 0.29) is 0 Å². The quantitative estimate of drug-likeness (QED) is 0.724. The first-order valence-electron chi connectivity index (χ1n) is 5.12. The van der Waals surface area contributed by atoms with Crippen LogP contribution >= 0.6 is 0 Å². The minimum atomic E-state index is 0.952. The summed E-state index contributed by atoms with van der Waals surface area (Å²) in [5.74, 6) is 0. The summed E-state index contributed by atoms with van der Waals surface area (Å²) in [5.41, 5.74) is 1.90. The third-order valence-corrected chi connectivity index (χ3v) is 2.02. The van der Waals surface area contributed by atoms with Crippen LogP contribution in [-0.2, 0) is 0 Å². The van der Waals surface area contributed by atoms with Crippen molar-refractivity contribution < 1.29 is 0 Å². The summed E-state index contributed by atoms with van der Waals surface area (Å²) in [7, 11) is 0.